The van der Waals surface area contributed by atoms with Gasteiger partial charge in [-0.2, -0.15) is 0 Å². The monoisotopic (exact) mass is 376 g/mol. The molecule has 3 heterocycles. The van der Waals surface area contributed by atoms with E-state index in [9.17, 15) is 4.79 Å². The van der Waals surface area contributed by atoms with Gasteiger partial charge in [0.1, 0.15) is 11.6 Å². The molecule has 1 aromatic carbocycles. The molecule has 3 aromatic rings. The molecule has 4 rings (SSSR count). The number of ether oxygens (including phenoxy) is 1. The van der Waals surface area contributed by atoms with Crippen LogP contribution >= 0.6 is 0 Å². The quantitative estimate of drug-likeness (QED) is 0.740. The molecular weight excluding hydrogens is 352 g/mol. The van der Waals surface area contributed by atoms with Crippen molar-refractivity contribution in [2.75, 3.05) is 20.2 Å². The summed E-state index contributed by atoms with van der Waals surface area (Å²) in [7, 11) is 1.71. The summed E-state index contributed by atoms with van der Waals surface area (Å²) in [5.41, 5.74) is 2.74. The summed E-state index contributed by atoms with van der Waals surface area (Å²) in [6, 6.07) is 13.5. The lowest BCUT2D eigenvalue weighted by Gasteiger charge is -2.32. The first-order valence-electron chi connectivity index (χ1n) is 9.59. The summed E-state index contributed by atoms with van der Waals surface area (Å²) < 4.78 is 5.49. The van der Waals surface area contributed by atoms with Crippen molar-refractivity contribution < 1.29 is 4.74 Å². The van der Waals surface area contributed by atoms with Crippen LogP contribution in [0, 0.1) is 0 Å². The van der Waals surface area contributed by atoms with Crippen molar-refractivity contribution in [3.05, 3.63) is 76.5 Å². The summed E-state index contributed by atoms with van der Waals surface area (Å²) in [6.07, 6.45) is 5.54. The molecule has 0 saturated carbocycles. The molecular formula is C22H24N4O2. The molecule has 0 radical (unpaired) electrons. The normalized spacial score (nSPS) is 17.4. The average Bonchev–Trinajstić information content (AvgIpc) is 2.74. The fourth-order valence-corrected chi connectivity index (χ4v) is 3.84. The highest BCUT2D eigenvalue weighted by atomic mass is 16.5. The average molecular weight is 376 g/mol. The van der Waals surface area contributed by atoms with Gasteiger partial charge in [0.05, 0.1) is 12.8 Å². The van der Waals surface area contributed by atoms with Crippen LogP contribution in [-0.4, -0.2) is 40.1 Å². The number of piperidine rings is 1. The minimum Gasteiger partial charge on any atom is -0.496 e. The van der Waals surface area contributed by atoms with Crippen molar-refractivity contribution in [1.29, 1.82) is 0 Å². The summed E-state index contributed by atoms with van der Waals surface area (Å²) in [6.45, 7) is 2.74. The molecule has 0 spiro atoms. The van der Waals surface area contributed by atoms with Crippen LogP contribution in [0.5, 0.6) is 5.75 Å². The van der Waals surface area contributed by atoms with E-state index in [1.165, 1.54) is 5.56 Å². The smallest absolute Gasteiger partial charge is 0.251 e. The Bertz CT molecular complexity index is 987. The highest BCUT2D eigenvalue weighted by molar-refractivity contribution is 5.52. The van der Waals surface area contributed by atoms with Gasteiger partial charge in [-0.3, -0.25) is 14.7 Å². The largest absolute Gasteiger partial charge is 0.496 e. The number of likely N-dealkylation sites (tertiary alicyclic amines) is 1. The Labute approximate surface area is 164 Å². The first-order valence-corrected chi connectivity index (χ1v) is 9.59. The van der Waals surface area contributed by atoms with Gasteiger partial charge in [-0.25, -0.2) is 4.98 Å². The van der Waals surface area contributed by atoms with Crippen LogP contribution in [0.2, 0.25) is 0 Å². The third-order valence-electron chi connectivity index (χ3n) is 5.21. The van der Waals surface area contributed by atoms with Gasteiger partial charge in [0.2, 0.25) is 0 Å². The number of hydrogen-bond donors (Lipinski definition) is 1. The zero-order valence-corrected chi connectivity index (χ0v) is 16.0. The van der Waals surface area contributed by atoms with E-state index >= 15 is 0 Å². The van der Waals surface area contributed by atoms with Gasteiger partial charge in [0.25, 0.3) is 5.56 Å². The molecule has 1 fully saturated rings. The number of H-pyrrole nitrogens is 1. The molecule has 1 aliphatic heterocycles. The lowest BCUT2D eigenvalue weighted by Crippen LogP contribution is -2.34. The van der Waals surface area contributed by atoms with Crippen LogP contribution in [0.4, 0.5) is 0 Å². The Balaban J connectivity index is 1.55. The summed E-state index contributed by atoms with van der Waals surface area (Å²) in [5, 5.41) is 0. The number of aromatic nitrogens is 3. The van der Waals surface area contributed by atoms with Gasteiger partial charge in [0, 0.05) is 48.6 Å². The lowest BCUT2D eigenvalue weighted by atomic mass is 9.94. The predicted octanol–water partition coefficient (Wildman–Crippen LogP) is 3.22. The second kappa shape index (κ2) is 8.35. The van der Waals surface area contributed by atoms with E-state index in [1.54, 1.807) is 25.6 Å². The first-order chi connectivity index (χ1) is 13.7. The minimum absolute atomic E-state index is 0.120. The van der Waals surface area contributed by atoms with Crippen molar-refractivity contribution >= 4 is 0 Å². The fraction of sp³-hybridized carbons (Fsp3) is 0.318. The maximum atomic E-state index is 12.2. The van der Waals surface area contributed by atoms with Crippen molar-refractivity contribution in [2.45, 2.75) is 25.3 Å². The van der Waals surface area contributed by atoms with Crippen LogP contribution in [0.3, 0.4) is 0 Å². The lowest BCUT2D eigenvalue weighted by molar-refractivity contribution is 0.196. The molecule has 28 heavy (non-hydrogen) atoms. The van der Waals surface area contributed by atoms with E-state index in [0.29, 0.717) is 5.82 Å². The predicted molar refractivity (Wildman–Crippen MR) is 108 cm³/mol. The van der Waals surface area contributed by atoms with E-state index < -0.39 is 0 Å². The SMILES string of the molecule is COc1ccccc1CN1CCC[C@H](c2cc(=O)[nH]c(-c3cccnc3)n2)C1. The summed E-state index contributed by atoms with van der Waals surface area (Å²) in [5.74, 6) is 1.73. The molecule has 6 heteroatoms. The standard InChI is InChI=1S/C22H24N4O2/c1-28-20-9-3-2-6-18(20)15-26-11-5-8-17(14-26)19-12-21(27)25-22(24-19)16-7-4-10-23-13-16/h2-4,6-7,9-10,12-13,17H,5,8,11,14-15H2,1H3,(H,24,25,27)/t17-/m0/s1. The molecule has 0 unspecified atom stereocenters. The Morgan fingerprint density at radius 3 is 2.96 bits per heavy atom. The fourth-order valence-electron chi connectivity index (χ4n) is 3.84. The van der Waals surface area contributed by atoms with Crippen molar-refractivity contribution in [3.63, 3.8) is 0 Å². The Kier molecular flexibility index (Phi) is 5.48. The van der Waals surface area contributed by atoms with Crippen LogP contribution in [0.1, 0.15) is 30.0 Å². The van der Waals surface area contributed by atoms with E-state index in [2.05, 4.69) is 20.9 Å². The van der Waals surface area contributed by atoms with Crippen LogP contribution in [0.15, 0.2) is 59.7 Å². The molecule has 0 aliphatic carbocycles. The molecule has 2 aromatic heterocycles. The number of methoxy groups -OCH3 is 1. The molecule has 6 nitrogen and oxygen atoms in total. The number of nitrogens with one attached hydrogen (secondary N) is 1. The number of benzene rings is 1. The number of nitrogens with zero attached hydrogens (tertiary/aromatic N) is 3. The van der Waals surface area contributed by atoms with Gasteiger partial charge in [-0.1, -0.05) is 18.2 Å². The van der Waals surface area contributed by atoms with Crippen molar-refractivity contribution in [3.8, 4) is 17.1 Å². The van der Waals surface area contributed by atoms with Gasteiger partial charge < -0.3 is 9.72 Å². The molecule has 0 amide bonds. The van der Waals surface area contributed by atoms with Crippen molar-refractivity contribution in [2.24, 2.45) is 0 Å². The molecule has 1 N–H and O–H groups in total. The van der Waals surface area contributed by atoms with Gasteiger partial charge in [-0.15, -0.1) is 0 Å². The third-order valence-corrected chi connectivity index (χ3v) is 5.21. The Morgan fingerprint density at radius 2 is 2.14 bits per heavy atom. The molecule has 144 valence electrons. The van der Waals surface area contributed by atoms with Gasteiger partial charge in [0.15, 0.2) is 0 Å². The zero-order chi connectivity index (χ0) is 19.3. The van der Waals surface area contributed by atoms with Crippen molar-refractivity contribution in [1.82, 2.24) is 19.9 Å². The van der Waals surface area contributed by atoms with E-state index in [-0.39, 0.29) is 11.5 Å². The first kappa shape index (κ1) is 18.4. The molecule has 1 atom stereocenters. The highest BCUT2D eigenvalue weighted by Crippen LogP contribution is 2.28. The topological polar surface area (TPSA) is 71.1 Å². The second-order valence-corrected chi connectivity index (χ2v) is 7.15. The summed E-state index contributed by atoms with van der Waals surface area (Å²) in [4.78, 5) is 26.4. The van der Waals surface area contributed by atoms with Crippen LogP contribution in [0.25, 0.3) is 11.4 Å². The minimum atomic E-state index is -0.120. The maximum absolute atomic E-state index is 12.2. The van der Waals surface area contributed by atoms with Gasteiger partial charge >= 0.3 is 0 Å². The molecule has 1 aliphatic rings. The van der Waals surface area contributed by atoms with E-state index in [0.717, 1.165) is 49.5 Å². The maximum Gasteiger partial charge on any atom is 0.251 e. The van der Waals surface area contributed by atoms with E-state index in [1.807, 2.05) is 30.3 Å². The molecule has 0 bridgehead atoms. The second-order valence-electron chi connectivity index (χ2n) is 7.15. The highest BCUT2D eigenvalue weighted by Gasteiger charge is 2.24. The number of hydrogen-bond acceptors (Lipinski definition) is 5. The van der Waals surface area contributed by atoms with E-state index in [4.69, 9.17) is 9.72 Å². The Morgan fingerprint density at radius 1 is 1.25 bits per heavy atom. The van der Waals surface area contributed by atoms with Crippen LogP contribution in [-0.2, 0) is 6.54 Å². The number of rotatable bonds is 5. The third kappa shape index (κ3) is 4.12. The Hall–Kier alpha value is -2.99. The number of pyridine rings is 1. The van der Waals surface area contributed by atoms with Crippen LogP contribution < -0.4 is 10.3 Å². The zero-order valence-electron chi connectivity index (χ0n) is 16.0. The number of para-hydroxylation sites is 1. The van der Waals surface area contributed by atoms with Gasteiger partial charge in [-0.05, 0) is 37.6 Å². The molecule has 1 saturated heterocycles. The number of aromatic amines is 1. The summed E-state index contributed by atoms with van der Waals surface area (Å²) >= 11 is 0.